The molecule has 0 saturated heterocycles. The van der Waals surface area contributed by atoms with E-state index in [1.165, 1.54) is 18.2 Å². The van der Waals surface area contributed by atoms with Crippen LogP contribution in [0.1, 0.15) is 17.0 Å². The monoisotopic (exact) mass is 547 g/mol. The zero-order valence-electron chi connectivity index (χ0n) is 21.0. The molecule has 4 heterocycles. The predicted octanol–water partition coefficient (Wildman–Crippen LogP) is 5.61. The molecule has 4 aromatic heterocycles. The Kier molecular flexibility index (Phi) is 6.18. The molecule has 2 aromatic carbocycles. The number of fused-ring (bicyclic) bond motifs is 2. The van der Waals surface area contributed by atoms with Crippen LogP contribution in [0.15, 0.2) is 73.1 Å². The van der Waals surface area contributed by atoms with Crippen molar-refractivity contribution < 1.29 is 22.7 Å². The Hall–Kier alpha value is -4.84. The Bertz CT molecular complexity index is 1860. The first-order chi connectivity index (χ1) is 19.2. The van der Waals surface area contributed by atoms with Gasteiger partial charge in [-0.05, 0) is 66.2 Å². The van der Waals surface area contributed by atoms with Crippen LogP contribution in [0.3, 0.4) is 0 Å². The molecule has 0 radical (unpaired) electrons. The Morgan fingerprint density at radius 1 is 0.950 bits per heavy atom. The highest BCUT2D eigenvalue weighted by Gasteiger charge is 2.31. The van der Waals surface area contributed by atoms with E-state index >= 15 is 0 Å². The first-order valence-corrected chi connectivity index (χ1v) is 12.2. The van der Waals surface area contributed by atoms with Crippen LogP contribution < -0.4 is 5.32 Å². The van der Waals surface area contributed by atoms with Crippen LogP contribution in [0.2, 0.25) is 0 Å². The van der Waals surface area contributed by atoms with Crippen molar-refractivity contribution in [1.29, 1.82) is 0 Å². The third kappa shape index (κ3) is 4.62. The fourth-order valence-electron chi connectivity index (χ4n) is 4.56. The standard InChI is InChI=1S/C28H21F4N7O/c1-38-22-7-4-18(28(30,31)32)13-21(22)35-24(38)14-34-27-33-10-8-20(36-27)26-25(17-2-5-19(29)6-3-17)37-23-12-16(15-40)9-11-39(23)26/h2-13,40H,14-15H2,1H3,(H,33,34,36). The Morgan fingerprint density at radius 3 is 2.50 bits per heavy atom. The van der Waals surface area contributed by atoms with Crippen molar-refractivity contribution in [1.82, 2.24) is 28.9 Å². The van der Waals surface area contributed by atoms with Crippen molar-refractivity contribution in [2.45, 2.75) is 19.3 Å². The van der Waals surface area contributed by atoms with E-state index < -0.39 is 11.7 Å². The molecule has 12 heteroatoms. The highest BCUT2D eigenvalue weighted by Crippen LogP contribution is 2.33. The summed E-state index contributed by atoms with van der Waals surface area (Å²) in [5.41, 5.74) is 3.71. The maximum absolute atomic E-state index is 13.6. The van der Waals surface area contributed by atoms with Crippen molar-refractivity contribution in [2.75, 3.05) is 5.32 Å². The van der Waals surface area contributed by atoms with Gasteiger partial charge in [0, 0.05) is 25.0 Å². The Morgan fingerprint density at radius 2 is 1.75 bits per heavy atom. The van der Waals surface area contributed by atoms with Gasteiger partial charge >= 0.3 is 6.18 Å². The molecule has 0 amide bonds. The summed E-state index contributed by atoms with van der Waals surface area (Å²) in [6.07, 6.45) is -1.10. The molecule has 0 spiro atoms. The smallest absolute Gasteiger partial charge is 0.392 e. The molecule has 6 rings (SSSR count). The topological polar surface area (TPSA) is 93.2 Å². The molecular formula is C28H21F4N7O. The summed E-state index contributed by atoms with van der Waals surface area (Å²) >= 11 is 0. The van der Waals surface area contributed by atoms with Crippen molar-refractivity contribution in [3.63, 3.8) is 0 Å². The average Bonchev–Trinajstić information content (AvgIpc) is 3.48. The zero-order chi connectivity index (χ0) is 28.0. The van der Waals surface area contributed by atoms with Gasteiger partial charge in [0.05, 0.1) is 46.8 Å². The zero-order valence-corrected chi connectivity index (χ0v) is 21.0. The molecule has 6 aromatic rings. The summed E-state index contributed by atoms with van der Waals surface area (Å²) in [4.78, 5) is 18.1. The van der Waals surface area contributed by atoms with E-state index in [0.717, 1.165) is 12.1 Å². The number of halogens is 4. The fourth-order valence-corrected chi connectivity index (χ4v) is 4.56. The van der Waals surface area contributed by atoms with Gasteiger partial charge in [-0.15, -0.1) is 0 Å². The second kappa shape index (κ2) is 9.72. The summed E-state index contributed by atoms with van der Waals surface area (Å²) in [5, 5.41) is 12.7. The van der Waals surface area contributed by atoms with E-state index in [9.17, 15) is 22.7 Å². The number of benzene rings is 2. The number of aryl methyl sites for hydroxylation is 1. The van der Waals surface area contributed by atoms with E-state index in [1.54, 1.807) is 54.3 Å². The van der Waals surface area contributed by atoms with E-state index in [-0.39, 0.29) is 30.4 Å². The number of aromatic nitrogens is 6. The molecule has 0 aliphatic carbocycles. The SMILES string of the molecule is Cn1c(CNc2nccc(-c3c(-c4ccc(F)cc4)nc4cc(CO)ccn34)n2)nc2cc(C(F)(F)F)ccc21. The minimum absolute atomic E-state index is 0.147. The number of aliphatic hydroxyl groups is 1. The van der Waals surface area contributed by atoms with Gasteiger partial charge in [0.1, 0.15) is 17.3 Å². The van der Waals surface area contributed by atoms with Crippen LogP contribution >= 0.6 is 0 Å². The Labute approximate surface area is 224 Å². The molecule has 0 unspecified atom stereocenters. The van der Waals surface area contributed by atoms with Gasteiger partial charge in [-0.2, -0.15) is 13.2 Å². The van der Waals surface area contributed by atoms with Crippen LogP contribution in [-0.2, 0) is 26.4 Å². The molecule has 202 valence electrons. The lowest BCUT2D eigenvalue weighted by Crippen LogP contribution is -2.08. The second-order valence-electron chi connectivity index (χ2n) is 9.14. The van der Waals surface area contributed by atoms with Crippen LogP contribution in [0.5, 0.6) is 0 Å². The minimum Gasteiger partial charge on any atom is -0.392 e. The summed E-state index contributed by atoms with van der Waals surface area (Å²) in [6.45, 7) is 0.0136. The third-order valence-corrected chi connectivity index (χ3v) is 6.59. The normalized spacial score (nSPS) is 11.9. The van der Waals surface area contributed by atoms with Gasteiger partial charge in [0.15, 0.2) is 0 Å². The lowest BCUT2D eigenvalue weighted by Gasteiger charge is -2.09. The summed E-state index contributed by atoms with van der Waals surface area (Å²) in [6, 6.07) is 14.7. The summed E-state index contributed by atoms with van der Waals surface area (Å²) in [7, 11) is 1.73. The third-order valence-electron chi connectivity index (χ3n) is 6.59. The number of nitrogens with zero attached hydrogens (tertiary/aromatic N) is 6. The summed E-state index contributed by atoms with van der Waals surface area (Å²) in [5.74, 6) is 0.399. The van der Waals surface area contributed by atoms with Crippen LogP contribution in [0, 0.1) is 5.82 Å². The van der Waals surface area contributed by atoms with Crippen molar-refractivity contribution in [3.8, 4) is 22.6 Å². The van der Waals surface area contributed by atoms with Gasteiger partial charge in [-0.25, -0.2) is 24.3 Å². The van der Waals surface area contributed by atoms with E-state index in [2.05, 4.69) is 20.3 Å². The first-order valence-electron chi connectivity index (χ1n) is 12.2. The van der Waals surface area contributed by atoms with Gasteiger partial charge in [-0.3, -0.25) is 4.40 Å². The molecule has 8 nitrogen and oxygen atoms in total. The quantitative estimate of drug-likeness (QED) is 0.264. The number of imidazole rings is 2. The van der Waals surface area contributed by atoms with E-state index in [4.69, 9.17) is 4.98 Å². The number of hydrogen-bond acceptors (Lipinski definition) is 6. The molecule has 0 fully saturated rings. The number of alkyl halides is 3. The van der Waals surface area contributed by atoms with Crippen molar-refractivity contribution in [2.24, 2.45) is 7.05 Å². The molecular weight excluding hydrogens is 526 g/mol. The molecule has 40 heavy (non-hydrogen) atoms. The molecule has 0 bridgehead atoms. The average molecular weight is 548 g/mol. The molecule has 0 aliphatic rings. The second-order valence-corrected chi connectivity index (χ2v) is 9.14. The highest BCUT2D eigenvalue weighted by atomic mass is 19.4. The van der Waals surface area contributed by atoms with Crippen molar-refractivity contribution >= 4 is 22.6 Å². The number of aliphatic hydroxyl groups excluding tert-OH is 1. The predicted molar refractivity (Wildman–Crippen MR) is 141 cm³/mol. The highest BCUT2D eigenvalue weighted by molar-refractivity contribution is 5.81. The van der Waals surface area contributed by atoms with Gasteiger partial charge < -0.3 is 15.0 Å². The van der Waals surface area contributed by atoms with Crippen LogP contribution in [0.25, 0.3) is 39.3 Å². The first kappa shape index (κ1) is 25.4. The fraction of sp³-hybridized carbons (Fsp3) is 0.143. The number of pyridine rings is 1. The van der Waals surface area contributed by atoms with Gasteiger partial charge in [0.25, 0.3) is 0 Å². The lowest BCUT2D eigenvalue weighted by atomic mass is 10.1. The number of rotatable bonds is 6. The lowest BCUT2D eigenvalue weighted by molar-refractivity contribution is -0.137. The Balaban J connectivity index is 1.35. The maximum Gasteiger partial charge on any atom is 0.416 e. The maximum atomic E-state index is 13.6. The molecule has 0 saturated carbocycles. The molecule has 0 aliphatic heterocycles. The molecule has 2 N–H and O–H groups in total. The van der Waals surface area contributed by atoms with Crippen LogP contribution in [-0.4, -0.2) is 34.0 Å². The van der Waals surface area contributed by atoms with Crippen molar-refractivity contribution in [3.05, 3.63) is 95.8 Å². The number of nitrogens with one attached hydrogen (secondary N) is 1. The number of anilines is 1. The van der Waals surface area contributed by atoms with E-state index in [1.807, 2.05) is 4.40 Å². The number of hydrogen-bond donors (Lipinski definition) is 2. The molecule has 0 atom stereocenters. The minimum atomic E-state index is -4.46. The summed E-state index contributed by atoms with van der Waals surface area (Å²) < 4.78 is 56.6. The van der Waals surface area contributed by atoms with E-state index in [0.29, 0.717) is 45.2 Å². The van der Waals surface area contributed by atoms with Gasteiger partial charge in [0.2, 0.25) is 5.95 Å². The van der Waals surface area contributed by atoms with Crippen LogP contribution in [0.4, 0.5) is 23.5 Å². The van der Waals surface area contributed by atoms with Gasteiger partial charge in [-0.1, -0.05) is 0 Å². The largest absolute Gasteiger partial charge is 0.416 e.